The van der Waals surface area contributed by atoms with E-state index in [0.29, 0.717) is 6.42 Å². The zero-order valence-electron chi connectivity index (χ0n) is 10.9. The van der Waals surface area contributed by atoms with Crippen LogP contribution in [0.3, 0.4) is 0 Å². The van der Waals surface area contributed by atoms with Gasteiger partial charge in [0.05, 0.1) is 6.04 Å². The highest BCUT2D eigenvalue weighted by Gasteiger charge is 2.20. The number of rotatable bonds is 5. The number of nitrogens with two attached hydrogens (primary N) is 1. The molecule has 2 unspecified atom stereocenters. The van der Waals surface area contributed by atoms with Crippen LogP contribution in [-0.4, -0.2) is 23.3 Å². The first-order chi connectivity index (χ1) is 9.16. The standard InChI is InChI=1S/C15H20N2O2/c16-13(10-11-6-2-1-3-7-11)15(19)17-14(18)12-8-4-5-9-12/h1-3,6-8,13,15,19H,4-5,9-10,16H2,(H,17,18). The summed E-state index contributed by atoms with van der Waals surface area (Å²) in [5.41, 5.74) is 7.71. The van der Waals surface area contributed by atoms with Crippen LogP contribution in [0.5, 0.6) is 0 Å². The summed E-state index contributed by atoms with van der Waals surface area (Å²) in [4.78, 5) is 11.8. The van der Waals surface area contributed by atoms with E-state index in [1.807, 2.05) is 36.4 Å². The van der Waals surface area contributed by atoms with Gasteiger partial charge >= 0.3 is 0 Å². The highest BCUT2D eigenvalue weighted by Crippen LogP contribution is 2.17. The van der Waals surface area contributed by atoms with Crippen molar-refractivity contribution in [1.82, 2.24) is 5.32 Å². The van der Waals surface area contributed by atoms with E-state index < -0.39 is 12.3 Å². The van der Waals surface area contributed by atoms with Gasteiger partial charge in [-0.05, 0) is 31.2 Å². The molecule has 0 fully saturated rings. The molecule has 102 valence electrons. The van der Waals surface area contributed by atoms with Crippen molar-refractivity contribution >= 4 is 5.91 Å². The first-order valence-electron chi connectivity index (χ1n) is 6.64. The Kier molecular flexibility index (Phi) is 4.71. The molecule has 4 nitrogen and oxygen atoms in total. The second kappa shape index (κ2) is 6.50. The lowest BCUT2D eigenvalue weighted by molar-refractivity contribution is -0.120. The summed E-state index contributed by atoms with van der Waals surface area (Å²) in [6.07, 6.45) is 4.16. The van der Waals surface area contributed by atoms with Crippen LogP contribution in [0, 0.1) is 0 Å². The molecule has 0 saturated carbocycles. The average molecular weight is 260 g/mol. The molecule has 0 aromatic heterocycles. The molecule has 4 heteroatoms. The van der Waals surface area contributed by atoms with E-state index >= 15 is 0 Å². The Balaban J connectivity index is 1.85. The third kappa shape index (κ3) is 3.91. The Bertz CT molecular complexity index is 456. The Hall–Kier alpha value is -1.65. The predicted molar refractivity (Wildman–Crippen MR) is 74.2 cm³/mol. The van der Waals surface area contributed by atoms with E-state index in [0.717, 1.165) is 30.4 Å². The molecule has 1 amide bonds. The summed E-state index contributed by atoms with van der Waals surface area (Å²) in [5.74, 6) is -0.200. The lowest BCUT2D eigenvalue weighted by Gasteiger charge is -2.20. The molecule has 19 heavy (non-hydrogen) atoms. The quantitative estimate of drug-likeness (QED) is 0.694. The van der Waals surface area contributed by atoms with Gasteiger partial charge in [0.25, 0.3) is 0 Å². The maximum Gasteiger partial charge on any atom is 0.248 e. The molecule has 2 atom stereocenters. The van der Waals surface area contributed by atoms with Gasteiger partial charge in [0.15, 0.2) is 0 Å². The number of hydrogen-bond donors (Lipinski definition) is 3. The van der Waals surface area contributed by atoms with Gasteiger partial charge in [-0.3, -0.25) is 4.79 Å². The summed E-state index contributed by atoms with van der Waals surface area (Å²) in [5, 5.41) is 12.5. The van der Waals surface area contributed by atoms with Gasteiger partial charge in [-0.2, -0.15) is 0 Å². The van der Waals surface area contributed by atoms with Crippen LogP contribution in [0.2, 0.25) is 0 Å². The molecule has 0 spiro atoms. The van der Waals surface area contributed by atoms with Gasteiger partial charge < -0.3 is 16.2 Å². The summed E-state index contributed by atoms with van der Waals surface area (Å²) in [6.45, 7) is 0. The first-order valence-corrected chi connectivity index (χ1v) is 6.64. The molecular formula is C15H20N2O2. The molecular weight excluding hydrogens is 240 g/mol. The second-order valence-electron chi connectivity index (χ2n) is 4.89. The van der Waals surface area contributed by atoms with E-state index in [1.54, 1.807) is 0 Å². The average Bonchev–Trinajstić information content (AvgIpc) is 2.93. The molecule has 1 aromatic carbocycles. The fourth-order valence-electron chi connectivity index (χ4n) is 2.21. The van der Waals surface area contributed by atoms with Crippen LogP contribution in [0.1, 0.15) is 24.8 Å². The summed E-state index contributed by atoms with van der Waals surface area (Å²) in [7, 11) is 0. The number of aliphatic hydroxyl groups is 1. The van der Waals surface area contributed by atoms with Crippen molar-refractivity contribution in [2.45, 2.75) is 38.0 Å². The van der Waals surface area contributed by atoms with Crippen LogP contribution in [-0.2, 0) is 11.2 Å². The minimum Gasteiger partial charge on any atom is -0.372 e. The molecule has 0 aliphatic heterocycles. The van der Waals surface area contributed by atoms with E-state index in [2.05, 4.69) is 5.32 Å². The zero-order chi connectivity index (χ0) is 13.7. The maximum absolute atomic E-state index is 11.8. The van der Waals surface area contributed by atoms with Crippen LogP contribution < -0.4 is 11.1 Å². The van der Waals surface area contributed by atoms with Crippen molar-refractivity contribution in [3.05, 3.63) is 47.5 Å². The van der Waals surface area contributed by atoms with Crippen molar-refractivity contribution in [3.63, 3.8) is 0 Å². The normalized spacial score (nSPS) is 17.7. The number of hydrogen-bond acceptors (Lipinski definition) is 3. The smallest absolute Gasteiger partial charge is 0.248 e. The molecule has 2 rings (SSSR count). The van der Waals surface area contributed by atoms with E-state index in [4.69, 9.17) is 5.73 Å². The maximum atomic E-state index is 11.8. The Morgan fingerprint density at radius 3 is 2.74 bits per heavy atom. The number of aliphatic hydroxyl groups excluding tert-OH is 1. The minimum atomic E-state index is -1.02. The molecule has 4 N–H and O–H groups in total. The van der Waals surface area contributed by atoms with Crippen molar-refractivity contribution in [3.8, 4) is 0 Å². The molecule has 0 saturated heterocycles. The summed E-state index contributed by atoms with van der Waals surface area (Å²) >= 11 is 0. The van der Waals surface area contributed by atoms with Crippen molar-refractivity contribution in [1.29, 1.82) is 0 Å². The molecule has 1 aliphatic rings. The van der Waals surface area contributed by atoms with Gasteiger partial charge in [-0.25, -0.2) is 0 Å². The Morgan fingerprint density at radius 2 is 2.11 bits per heavy atom. The zero-order valence-corrected chi connectivity index (χ0v) is 10.9. The Morgan fingerprint density at radius 1 is 1.37 bits per heavy atom. The number of carbonyl (C=O) groups is 1. The van der Waals surface area contributed by atoms with Crippen LogP contribution in [0.15, 0.2) is 42.0 Å². The fraction of sp³-hybridized carbons (Fsp3) is 0.400. The molecule has 0 heterocycles. The Labute approximate surface area is 113 Å². The van der Waals surface area contributed by atoms with Crippen molar-refractivity contribution < 1.29 is 9.90 Å². The third-order valence-electron chi connectivity index (χ3n) is 3.33. The minimum absolute atomic E-state index is 0.200. The number of amides is 1. The second-order valence-corrected chi connectivity index (χ2v) is 4.89. The highest BCUT2D eigenvalue weighted by atomic mass is 16.3. The van der Waals surface area contributed by atoms with Crippen LogP contribution in [0.4, 0.5) is 0 Å². The first kappa shape index (κ1) is 13.8. The summed E-state index contributed by atoms with van der Waals surface area (Å²) in [6, 6.07) is 9.18. The monoisotopic (exact) mass is 260 g/mol. The topological polar surface area (TPSA) is 75.3 Å². The number of allylic oxidation sites excluding steroid dienone is 1. The van der Waals surface area contributed by atoms with E-state index in [1.165, 1.54) is 0 Å². The van der Waals surface area contributed by atoms with Gasteiger partial charge in [0.1, 0.15) is 6.23 Å². The van der Waals surface area contributed by atoms with Gasteiger partial charge in [0.2, 0.25) is 5.91 Å². The predicted octanol–water partition coefficient (Wildman–Crippen LogP) is 1.10. The highest BCUT2D eigenvalue weighted by molar-refractivity contribution is 5.93. The third-order valence-corrected chi connectivity index (χ3v) is 3.33. The lowest BCUT2D eigenvalue weighted by atomic mass is 10.1. The van der Waals surface area contributed by atoms with Gasteiger partial charge in [-0.15, -0.1) is 0 Å². The van der Waals surface area contributed by atoms with Crippen LogP contribution in [0.25, 0.3) is 0 Å². The van der Waals surface area contributed by atoms with Crippen LogP contribution >= 0.6 is 0 Å². The molecule has 0 radical (unpaired) electrons. The summed E-state index contributed by atoms with van der Waals surface area (Å²) < 4.78 is 0. The number of nitrogens with one attached hydrogen (secondary N) is 1. The van der Waals surface area contributed by atoms with Crippen molar-refractivity contribution in [2.75, 3.05) is 0 Å². The number of benzene rings is 1. The molecule has 1 aromatic rings. The van der Waals surface area contributed by atoms with Gasteiger partial charge in [-0.1, -0.05) is 36.4 Å². The molecule has 0 bridgehead atoms. The fourth-order valence-corrected chi connectivity index (χ4v) is 2.21. The van der Waals surface area contributed by atoms with Crippen molar-refractivity contribution in [2.24, 2.45) is 5.73 Å². The van der Waals surface area contributed by atoms with E-state index in [-0.39, 0.29) is 5.91 Å². The SMILES string of the molecule is NC(Cc1ccccc1)C(O)NC(=O)C1=CCCC1. The van der Waals surface area contributed by atoms with E-state index in [9.17, 15) is 9.90 Å². The molecule has 1 aliphatic carbocycles. The largest absolute Gasteiger partial charge is 0.372 e. The van der Waals surface area contributed by atoms with Gasteiger partial charge in [0, 0.05) is 5.57 Å². The lowest BCUT2D eigenvalue weighted by Crippen LogP contribution is -2.48. The number of carbonyl (C=O) groups excluding carboxylic acids is 1.